The van der Waals surface area contributed by atoms with Crippen molar-refractivity contribution in [1.29, 1.82) is 0 Å². The van der Waals surface area contributed by atoms with E-state index < -0.39 is 0 Å². The van der Waals surface area contributed by atoms with Crippen molar-refractivity contribution in [2.45, 2.75) is 6.42 Å². The molecule has 0 aliphatic rings. The molecule has 32 heavy (non-hydrogen) atoms. The van der Waals surface area contributed by atoms with Gasteiger partial charge in [-0.3, -0.25) is 14.6 Å². The quantitative estimate of drug-likeness (QED) is 0.392. The molecule has 7 heteroatoms. The summed E-state index contributed by atoms with van der Waals surface area (Å²) in [6.07, 6.45) is 3.97. The predicted octanol–water partition coefficient (Wildman–Crippen LogP) is 3.55. The van der Waals surface area contributed by atoms with E-state index in [4.69, 9.17) is 0 Å². The van der Waals surface area contributed by atoms with Crippen LogP contribution < -0.4 is 10.6 Å². The number of phenolic OH excluding ortho intramolecular Hbond substituents is 1. The molecule has 7 nitrogen and oxygen atoms in total. The van der Waals surface area contributed by atoms with Crippen LogP contribution in [0.1, 0.15) is 27.1 Å². The molecule has 0 bridgehead atoms. The number of amides is 2. The molecule has 160 valence electrons. The molecule has 0 aliphatic heterocycles. The monoisotopic (exact) mass is 426 g/mol. The van der Waals surface area contributed by atoms with Crippen molar-refractivity contribution in [3.8, 4) is 17.0 Å². The second-order valence-corrected chi connectivity index (χ2v) is 7.23. The van der Waals surface area contributed by atoms with Crippen LogP contribution in [0.3, 0.4) is 0 Å². The van der Waals surface area contributed by atoms with Crippen molar-refractivity contribution in [1.82, 2.24) is 20.6 Å². The van der Waals surface area contributed by atoms with Crippen LogP contribution in [0.2, 0.25) is 0 Å². The normalized spacial score (nSPS) is 10.6. The fourth-order valence-corrected chi connectivity index (χ4v) is 3.36. The lowest BCUT2D eigenvalue weighted by Crippen LogP contribution is -2.30. The topological polar surface area (TPSA) is 104 Å². The van der Waals surface area contributed by atoms with Gasteiger partial charge in [0.25, 0.3) is 11.8 Å². The highest BCUT2D eigenvalue weighted by atomic mass is 16.3. The highest BCUT2D eigenvalue weighted by molar-refractivity contribution is 6.07. The van der Waals surface area contributed by atoms with Crippen molar-refractivity contribution in [2.75, 3.05) is 13.1 Å². The number of aromatic hydroxyl groups is 1. The first-order valence-electron chi connectivity index (χ1n) is 10.3. The Morgan fingerprint density at radius 1 is 0.875 bits per heavy atom. The van der Waals surface area contributed by atoms with E-state index in [2.05, 4.69) is 20.6 Å². The molecule has 0 unspecified atom stereocenters. The average molecular weight is 426 g/mol. The van der Waals surface area contributed by atoms with Crippen LogP contribution in [0.15, 0.2) is 79.1 Å². The Bertz CT molecular complexity index is 1260. The number of para-hydroxylation sites is 1. The van der Waals surface area contributed by atoms with Gasteiger partial charge in [-0.25, -0.2) is 4.98 Å². The highest BCUT2D eigenvalue weighted by Gasteiger charge is 2.14. The number of phenols is 1. The number of carbonyl (C=O) groups excluding carboxylic acids is 2. The zero-order valence-electron chi connectivity index (χ0n) is 17.3. The maximum absolute atomic E-state index is 12.9. The average Bonchev–Trinajstić information content (AvgIpc) is 2.83. The van der Waals surface area contributed by atoms with E-state index in [1.807, 2.05) is 36.4 Å². The van der Waals surface area contributed by atoms with Gasteiger partial charge in [-0.15, -0.1) is 0 Å². The molecule has 2 heterocycles. The van der Waals surface area contributed by atoms with Crippen molar-refractivity contribution < 1.29 is 14.7 Å². The number of hydrogen-bond acceptors (Lipinski definition) is 5. The summed E-state index contributed by atoms with van der Waals surface area (Å²) in [7, 11) is 0. The minimum absolute atomic E-state index is 0.0418. The Morgan fingerprint density at radius 3 is 2.47 bits per heavy atom. The standard InChI is InChI=1S/C25H22N4O3/c30-19-8-3-6-17(14-19)24(31)27-12-5-13-28-25(32)21-15-23(18-7-4-11-26-16-18)29-22-10-2-1-9-20(21)22/h1-4,6-11,14-16,30H,5,12-13H2,(H,27,31)(H,28,32). The molecule has 4 aromatic rings. The smallest absolute Gasteiger partial charge is 0.252 e. The van der Waals surface area contributed by atoms with Crippen LogP contribution in [0.25, 0.3) is 22.2 Å². The van der Waals surface area contributed by atoms with Gasteiger partial charge < -0.3 is 15.7 Å². The van der Waals surface area contributed by atoms with Crippen LogP contribution in [0.4, 0.5) is 0 Å². The summed E-state index contributed by atoms with van der Waals surface area (Å²) in [5.41, 5.74) is 3.18. The number of benzene rings is 2. The van der Waals surface area contributed by atoms with Gasteiger partial charge in [-0.1, -0.05) is 24.3 Å². The molecule has 2 aromatic heterocycles. The number of fused-ring (bicyclic) bond motifs is 1. The van der Waals surface area contributed by atoms with Crippen LogP contribution >= 0.6 is 0 Å². The molecule has 0 atom stereocenters. The molecule has 2 amide bonds. The SMILES string of the molecule is O=C(NCCCNC(=O)c1cc(-c2cccnc2)nc2ccccc12)c1cccc(O)c1. The Kier molecular flexibility index (Phi) is 6.36. The molecule has 4 rings (SSSR count). The van der Waals surface area contributed by atoms with Crippen molar-refractivity contribution in [3.63, 3.8) is 0 Å². The van der Waals surface area contributed by atoms with Crippen LogP contribution in [0, 0.1) is 0 Å². The van der Waals surface area contributed by atoms with E-state index in [1.165, 1.54) is 12.1 Å². The third kappa shape index (κ3) is 4.89. The zero-order chi connectivity index (χ0) is 22.3. The zero-order valence-corrected chi connectivity index (χ0v) is 17.3. The number of nitrogens with zero attached hydrogens (tertiary/aromatic N) is 2. The number of aromatic nitrogens is 2. The van der Waals surface area contributed by atoms with Gasteiger partial charge >= 0.3 is 0 Å². The van der Waals surface area contributed by atoms with Crippen molar-refractivity contribution in [3.05, 3.63) is 90.3 Å². The molecule has 0 saturated carbocycles. The Hall–Kier alpha value is -4.26. The van der Waals surface area contributed by atoms with Gasteiger partial charge in [0.2, 0.25) is 0 Å². The summed E-state index contributed by atoms with van der Waals surface area (Å²) in [4.78, 5) is 33.8. The van der Waals surface area contributed by atoms with E-state index in [0.29, 0.717) is 36.3 Å². The summed E-state index contributed by atoms with van der Waals surface area (Å²) in [5, 5.41) is 15.9. The number of nitrogens with one attached hydrogen (secondary N) is 2. The molecule has 0 spiro atoms. The first-order chi connectivity index (χ1) is 15.6. The third-order valence-corrected chi connectivity index (χ3v) is 4.95. The molecule has 3 N–H and O–H groups in total. The minimum atomic E-state index is -0.270. The molecule has 0 radical (unpaired) electrons. The second kappa shape index (κ2) is 9.70. The van der Waals surface area contributed by atoms with E-state index in [0.717, 1.165) is 16.5 Å². The summed E-state index contributed by atoms with van der Waals surface area (Å²) in [6.45, 7) is 0.796. The van der Waals surface area contributed by atoms with Gasteiger partial charge in [0.05, 0.1) is 16.8 Å². The van der Waals surface area contributed by atoms with Crippen LogP contribution in [-0.4, -0.2) is 40.0 Å². The van der Waals surface area contributed by atoms with E-state index in [9.17, 15) is 14.7 Å². The first kappa shape index (κ1) is 21.0. The van der Waals surface area contributed by atoms with Crippen molar-refractivity contribution >= 4 is 22.7 Å². The Labute approximate surface area is 185 Å². The molecular weight excluding hydrogens is 404 g/mol. The fourth-order valence-electron chi connectivity index (χ4n) is 3.36. The van der Waals surface area contributed by atoms with E-state index >= 15 is 0 Å². The number of carbonyl (C=O) groups is 2. The van der Waals surface area contributed by atoms with Crippen LogP contribution in [-0.2, 0) is 0 Å². The lowest BCUT2D eigenvalue weighted by molar-refractivity contribution is 0.0952. The first-order valence-corrected chi connectivity index (χ1v) is 10.3. The number of hydrogen-bond donors (Lipinski definition) is 3. The van der Waals surface area contributed by atoms with E-state index in [1.54, 1.807) is 30.6 Å². The summed E-state index contributed by atoms with van der Waals surface area (Å²) in [6, 6.07) is 19.2. The predicted molar refractivity (Wildman–Crippen MR) is 122 cm³/mol. The molecule has 2 aromatic carbocycles. The molecule has 0 saturated heterocycles. The largest absolute Gasteiger partial charge is 0.508 e. The highest BCUT2D eigenvalue weighted by Crippen LogP contribution is 2.24. The summed E-state index contributed by atoms with van der Waals surface area (Å²) in [5.74, 6) is -0.429. The third-order valence-electron chi connectivity index (χ3n) is 4.95. The minimum Gasteiger partial charge on any atom is -0.508 e. The van der Waals surface area contributed by atoms with Gasteiger partial charge in [0.1, 0.15) is 5.75 Å². The second-order valence-electron chi connectivity index (χ2n) is 7.23. The maximum atomic E-state index is 12.9. The molecular formula is C25H22N4O3. The Balaban J connectivity index is 1.40. The number of rotatable bonds is 7. The lowest BCUT2D eigenvalue weighted by atomic mass is 10.0. The maximum Gasteiger partial charge on any atom is 0.252 e. The van der Waals surface area contributed by atoms with E-state index in [-0.39, 0.29) is 17.6 Å². The summed E-state index contributed by atoms with van der Waals surface area (Å²) < 4.78 is 0. The summed E-state index contributed by atoms with van der Waals surface area (Å²) >= 11 is 0. The van der Waals surface area contributed by atoms with Gasteiger partial charge in [0.15, 0.2) is 0 Å². The number of pyridine rings is 2. The van der Waals surface area contributed by atoms with Gasteiger partial charge in [0, 0.05) is 42.0 Å². The fraction of sp³-hybridized carbons (Fsp3) is 0.120. The van der Waals surface area contributed by atoms with Crippen LogP contribution in [0.5, 0.6) is 5.75 Å². The Morgan fingerprint density at radius 2 is 1.69 bits per heavy atom. The molecule has 0 aliphatic carbocycles. The van der Waals surface area contributed by atoms with Crippen molar-refractivity contribution in [2.24, 2.45) is 0 Å². The van der Waals surface area contributed by atoms with Gasteiger partial charge in [-0.2, -0.15) is 0 Å². The van der Waals surface area contributed by atoms with Gasteiger partial charge in [-0.05, 0) is 48.9 Å². The lowest BCUT2D eigenvalue weighted by Gasteiger charge is -2.11. The molecule has 0 fully saturated rings.